The number of nitrogens with one attached hydrogen (secondary N) is 2. The molecule has 7 nitrogen and oxygen atoms in total. The second-order valence-electron chi connectivity index (χ2n) is 5.69. The normalized spacial score (nSPS) is 21.5. The molecule has 0 spiro atoms. The van der Waals surface area contributed by atoms with E-state index in [4.69, 9.17) is 0 Å². The minimum absolute atomic E-state index is 0.0451. The van der Waals surface area contributed by atoms with Crippen molar-refractivity contribution < 1.29 is 14.7 Å². The summed E-state index contributed by atoms with van der Waals surface area (Å²) in [6.07, 6.45) is 0.627. The van der Waals surface area contributed by atoms with Crippen LogP contribution >= 0.6 is 0 Å². The molecule has 1 atom stereocenters. The Labute approximate surface area is 123 Å². The number of amides is 1. The smallest absolute Gasteiger partial charge is 0.241 e. The lowest BCUT2D eigenvalue weighted by atomic mass is 10.0. The van der Waals surface area contributed by atoms with Crippen LogP contribution < -0.4 is 10.6 Å². The SMILES string of the molecule is CC(=O)c1c(C)nn(CC(=O)NC[C@]2(O)CCNC2)c1C. The molecule has 116 valence electrons. The van der Waals surface area contributed by atoms with Crippen molar-refractivity contribution >= 4 is 11.7 Å². The van der Waals surface area contributed by atoms with Gasteiger partial charge in [-0.25, -0.2) is 0 Å². The Morgan fingerprint density at radius 1 is 1.48 bits per heavy atom. The standard InChI is InChI=1S/C14H22N4O3/c1-9-13(11(3)19)10(2)18(17-9)6-12(20)16-8-14(21)4-5-15-7-14/h15,21H,4-8H2,1-3H3,(H,16,20)/t14-/m0/s1. The molecule has 2 heterocycles. The number of aryl methyl sites for hydroxylation is 1. The summed E-state index contributed by atoms with van der Waals surface area (Å²) in [6, 6.07) is 0. The zero-order valence-corrected chi connectivity index (χ0v) is 12.7. The lowest BCUT2D eigenvalue weighted by molar-refractivity contribution is -0.123. The number of aliphatic hydroxyl groups is 1. The van der Waals surface area contributed by atoms with Gasteiger partial charge >= 0.3 is 0 Å². The van der Waals surface area contributed by atoms with E-state index in [1.165, 1.54) is 11.6 Å². The van der Waals surface area contributed by atoms with Gasteiger partial charge in [0.05, 0.1) is 16.9 Å². The molecule has 0 aromatic carbocycles. The van der Waals surface area contributed by atoms with Gasteiger partial charge in [-0.3, -0.25) is 14.3 Å². The Hall–Kier alpha value is -1.73. The highest BCUT2D eigenvalue weighted by Gasteiger charge is 2.31. The zero-order chi connectivity index (χ0) is 15.6. The molecule has 0 radical (unpaired) electrons. The third kappa shape index (κ3) is 3.48. The van der Waals surface area contributed by atoms with Crippen LogP contribution in [0.3, 0.4) is 0 Å². The number of carbonyl (C=O) groups is 2. The molecular weight excluding hydrogens is 272 g/mol. The summed E-state index contributed by atoms with van der Waals surface area (Å²) in [5.41, 5.74) is 1.03. The number of ketones is 1. The first-order valence-corrected chi connectivity index (χ1v) is 7.07. The lowest BCUT2D eigenvalue weighted by Gasteiger charge is -2.21. The molecule has 3 N–H and O–H groups in total. The molecule has 0 aliphatic carbocycles. The summed E-state index contributed by atoms with van der Waals surface area (Å²) in [7, 11) is 0. The molecular formula is C14H22N4O3. The molecule has 1 aliphatic heterocycles. The minimum Gasteiger partial charge on any atom is -0.387 e. The zero-order valence-electron chi connectivity index (χ0n) is 12.7. The van der Waals surface area contributed by atoms with Gasteiger partial charge in [0.2, 0.25) is 5.91 Å². The van der Waals surface area contributed by atoms with Gasteiger partial charge in [0.1, 0.15) is 6.54 Å². The van der Waals surface area contributed by atoms with Gasteiger partial charge in [0.25, 0.3) is 0 Å². The van der Waals surface area contributed by atoms with Crippen molar-refractivity contribution in [3.63, 3.8) is 0 Å². The number of hydrogen-bond donors (Lipinski definition) is 3. The van der Waals surface area contributed by atoms with Gasteiger partial charge in [0, 0.05) is 18.8 Å². The number of rotatable bonds is 5. The molecule has 7 heteroatoms. The summed E-state index contributed by atoms with van der Waals surface area (Å²) in [5, 5.41) is 20.2. The van der Waals surface area contributed by atoms with Crippen molar-refractivity contribution in [1.29, 1.82) is 0 Å². The van der Waals surface area contributed by atoms with Crippen molar-refractivity contribution in [2.75, 3.05) is 19.6 Å². The van der Waals surface area contributed by atoms with Gasteiger partial charge in [-0.2, -0.15) is 5.10 Å². The fraction of sp³-hybridized carbons (Fsp3) is 0.643. The van der Waals surface area contributed by atoms with E-state index in [2.05, 4.69) is 15.7 Å². The van der Waals surface area contributed by atoms with Crippen LogP contribution in [0.5, 0.6) is 0 Å². The van der Waals surface area contributed by atoms with Crippen LogP contribution in [0.25, 0.3) is 0 Å². The third-order valence-electron chi connectivity index (χ3n) is 3.86. The average molecular weight is 294 g/mol. The highest BCUT2D eigenvalue weighted by atomic mass is 16.3. The van der Waals surface area contributed by atoms with Gasteiger partial charge < -0.3 is 15.7 Å². The molecule has 0 bridgehead atoms. The Kier molecular flexibility index (Phi) is 4.43. The van der Waals surface area contributed by atoms with E-state index in [0.29, 0.717) is 29.9 Å². The van der Waals surface area contributed by atoms with Crippen molar-refractivity contribution in [1.82, 2.24) is 20.4 Å². The molecule has 1 aromatic rings. The number of β-amino-alcohol motifs (C(OH)–C–C–N with tert-alkyl or cyclic N) is 1. The fourth-order valence-corrected chi connectivity index (χ4v) is 2.70. The first-order valence-electron chi connectivity index (χ1n) is 7.07. The van der Waals surface area contributed by atoms with Crippen molar-refractivity contribution in [3.8, 4) is 0 Å². The molecule has 0 unspecified atom stereocenters. The Morgan fingerprint density at radius 2 is 2.19 bits per heavy atom. The number of nitrogens with zero attached hydrogens (tertiary/aromatic N) is 2. The highest BCUT2D eigenvalue weighted by Crippen LogP contribution is 2.14. The molecule has 1 aliphatic rings. The quantitative estimate of drug-likeness (QED) is 0.639. The monoisotopic (exact) mass is 294 g/mol. The topological polar surface area (TPSA) is 96.2 Å². The number of aromatic nitrogens is 2. The summed E-state index contributed by atoms with van der Waals surface area (Å²) >= 11 is 0. The van der Waals surface area contributed by atoms with Crippen LogP contribution in [0.15, 0.2) is 0 Å². The van der Waals surface area contributed by atoms with Crippen molar-refractivity contribution in [3.05, 3.63) is 17.0 Å². The molecule has 2 rings (SSSR count). The summed E-state index contributed by atoms with van der Waals surface area (Å²) < 4.78 is 1.53. The van der Waals surface area contributed by atoms with E-state index in [9.17, 15) is 14.7 Å². The predicted molar refractivity (Wildman–Crippen MR) is 77.2 cm³/mol. The molecule has 1 fully saturated rings. The largest absolute Gasteiger partial charge is 0.387 e. The third-order valence-corrected chi connectivity index (χ3v) is 3.86. The maximum atomic E-state index is 12.0. The molecule has 21 heavy (non-hydrogen) atoms. The number of carbonyl (C=O) groups excluding carboxylic acids is 2. The summed E-state index contributed by atoms with van der Waals surface area (Å²) in [4.78, 5) is 23.5. The number of Topliss-reactive ketones (excluding diaryl/α,β-unsaturated/α-hetero) is 1. The van der Waals surface area contributed by atoms with Crippen molar-refractivity contribution in [2.45, 2.75) is 39.3 Å². The second kappa shape index (κ2) is 5.95. The summed E-state index contributed by atoms with van der Waals surface area (Å²) in [6.45, 7) is 6.53. The Balaban J connectivity index is 1.97. The van der Waals surface area contributed by atoms with Crippen LogP contribution in [0.2, 0.25) is 0 Å². The molecule has 0 saturated carbocycles. The van der Waals surface area contributed by atoms with Gasteiger partial charge in [0.15, 0.2) is 5.78 Å². The van der Waals surface area contributed by atoms with Crippen LogP contribution in [0.1, 0.15) is 35.1 Å². The van der Waals surface area contributed by atoms with E-state index in [-0.39, 0.29) is 24.8 Å². The van der Waals surface area contributed by atoms with Crippen LogP contribution in [0, 0.1) is 13.8 Å². The molecule has 1 saturated heterocycles. The maximum absolute atomic E-state index is 12.0. The van der Waals surface area contributed by atoms with Crippen LogP contribution in [-0.2, 0) is 11.3 Å². The Bertz CT molecular complexity index is 559. The van der Waals surface area contributed by atoms with E-state index >= 15 is 0 Å². The second-order valence-corrected chi connectivity index (χ2v) is 5.69. The van der Waals surface area contributed by atoms with E-state index in [1.54, 1.807) is 13.8 Å². The fourth-order valence-electron chi connectivity index (χ4n) is 2.70. The van der Waals surface area contributed by atoms with Crippen LogP contribution in [0.4, 0.5) is 0 Å². The van der Waals surface area contributed by atoms with Crippen molar-refractivity contribution in [2.24, 2.45) is 0 Å². The lowest BCUT2D eigenvalue weighted by Crippen LogP contribution is -2.45. The van der Waals surface area contributed by atoms with E-state index in [1.807, 2.05) is 0 Å². The van der Waals surface area contributed by atoms with E-state index < -0.39 is 5.60 Å². The predicted octanol–water partition coefficient (Wildman–Crippen LogP) is -0.457. The summed E-state index contributed by atoms with van der Waals surface area (Å²) in [5.74, 6) is -0.279. The van der Waals surface area contributed by atoms with Gasteiger partial charge in [-0.15, -0.1) is 0 Å². The Morgan fingerprint density at radius 3 is 2.71 bits per heavy atom. The van der Waals surface area contributed by atoms with Gasteiger partial charge in [-0.05, 0) is 33.7 Å². The molecule has 1 aromatic heterocycles. The van der Waals surface area contributed by atoms with Gasteiger partial charge in [-0.1, -0.05) is 0 Å². The first-order chi connectivity index (χ1) is 9.82. The highest BCUT2D eigenvalue weighted by molar-refractivity contribution is 5.96. The molecule has 1 amide bonds. The minimum atomic E-state index is -0.866. The first kappa shape index (κ1) is 15.7. The number of hydrogen-bond acceptors (Lipinski definition) is 5. The van der Waals surface area contributed by atoms with Crippen LogP contribution in [-0.4, -0.2) is 51.8 Å². The maximum Gasteiger partial charge on any atom is 0.241 e. The van der Waals surface area contributed by atoms with E-state index in [0.717, 1.165) is 6.54 Å². The average Bonchev–Trinajstić information content (AvgIpc) is 2.93.